The molecule has 0 unspecified atom stereocenters. The summed E-state index contributed by atoms with van der Waals surface area (Å²) in [5, 5.41) is 9.46. The summed E-state index contributed by atoms with van der Waals surface area (Å²) in [6, 6.07) is 0. The zero-order valence-electron chi connectivity index (χ0n) is 6.95. The van der Waals surface area contributed by atoms with E-state index < -0.39 is 0 Å². The topological polar surface area (TPSA) is 29.5 Å². The fourth-order valence-electron chi connectivity index (χ4n) is 1.43. The lowest BCUT2D eigenvalue weighted by Gasteiger charge is -2.27. The van der Waals surface area contributed by atoms with Crippen LogP contribution in [0.25, 0.3) is 0 Å². The Morgan fingerprint density at radius 1 is 1.45 bits per heavy atom. The van der Waals surface area contributed by atoms with Gasteiger partial charge in [-0.25, -0.2) is 0 Å². The first kappa shape index (κ1) is 9.36. The first-order valence-corrected chi connectivity index (χ1v) is 5.52. The summed E-state index contributed by atoms with van der Waals surface area (Å²) < 4.78 is 5.46. The molecule has 3 heteroatoms. The maximum atomic E-state index is 9.46. The Balaban J connectivity index is 2.18. The summed E-state index contributed by atoms with van der Waals surface area (Å²) in [7, 11) is 0. The van der Waals surface area contributed by atoms with Crippen molar-refractivity contribution in [1.82, 2.24) is 0 Å². The van der Waals surface area contributed by atoms with Gasteiger partial charge in [-0.1, -0.05) is 12.8 Å². The maximum absolute atomic E-state index is 9.46. The normalized spacial score (nSPS) is 32.2. The van der Waals surface area contributed by atoms with Crippen LogP contribution in [0.3, 0.4) is 0 Å². The highest BCUT2D eigenvalue weighted by molar-refractivity contribution is 7.98. The minimum atomic E-state index is -0.212. The minimum Gasteiger partial charge on any atom is -0.390 e. The van der Waals surface area contributed by atoms with Crippen molar-refractivity contribution < 1.29 is 9.84 Å². The van der Waals surface area contributed by atoms with E-state index in [1.165, 1.54) is 6.42 Å². The minimum absolute atomic E-state index is 0.108. The number of rotatable bonds is 3. The van der Waals surface area contributed by atoms with Crippen LogP contribution < -0.4 is 0 Å². The van der Waals surface area contributed by atoms with E-state index >= 15 is 0 Å². The number of aliphatic hydroxyl groups is 1. The Bertz CT molecular complexity index is 108. The number of ether oxygens (including phenoxy) is 1. The second kappa shape index (κ2) is 5.01. The van der Waals surface area contributed by atoms with Gasteiger partial charge in [0.05, 0.1) is 18.1 Å². The Morgan fingerprint density at radius 2 is 2.18 bits per heavy atom. The predicted octanol–water partition coefficient (Wildman–Crippen LogP) is 1.63. The average Bonchev–Trinajstić information content (AvgIpc) is 2.03. The average molecular weight is 176 g/mol. The third-order valence-electron chi connectivity index (χ3n) is 2.07. The molecule has 1 N–H and O–H groups in total. The molecule has 1 saturated carbocycles. The zero-order valence-corrected chi connectivity index (χ0v) is 7.77. The molecule has 1 fully saturated rings. The lowest BCUT2D eigenvalue weighted by atomic mass is 9.95. The molecule has 1 aliphatic rings. The molecule has 0 bridgehead atoms. The van der Waals surface area contributed by atoms with Gasteiger partial charge in [0.1, 0.15) is 0 Å². The molecule has 0 radical (unpaired) electrons. The van der Waals surface area contributed by atoms with E-state index in [2.05, 4.69) is 0 Å². The molecule has 1 rings (SSSR count). The van der Waals surface area contributed by atoms with E-state index in [0.29, 0.717) is 5.94 Å². The predicted molar refractivity (Wildman–Crippen MR) is 47.7 cm³/mol. The zero-order chi connectivity index (χ0) is 8.10. The largest absolute Gasteiger partial charge is 0.390 e. The molecule has 0 amide bonds. The summed E-state index contributed by atoms with van der Waals surface area (Å²) in [4.78, 5) is 0. The molecular weight excluding hydrogens is 160 g/mol. The molecule has 66 valence electrons. The van der Waals surface area contributed by atoms with Crippen LogP contribution in [0.4, 0.5) is 0 Å². The fourth-order valence-corrected chi connectivity index (χ4v) is 1.74. The number of thioether (sulfide) groups is 1. The molecule has 2 nitrogen and oxygen atoms in total. The van der Waals surface area contributed by atoms with Crippen LogP contribution in [0.1, 0.15) is 25.7 Å². The van der Waals surface area contributed by atoms with Crippen molar-refractivity contribution in [1.29, 1.82) is 0 Å². The summed E-state index contributed by atoms with van der Waals surface area (Å²) in [5.74, 6) is 0.710. The van der Waals surface area contributed by atoms with E-state index in [-0.39, 0.29) is 12.2 Å². The Kier molecular flexibility index (Phi) is 4.26. The van der Waals surface area contributed by atoms with Gasteiger partial charge in [-0.05, 0) is 19.1 Å². The molecule has 0 spiro atoms. The van der Waals surface area contributed by atoms with Gasteiger partial charge in [-0.3, -0.25) is 0 Å². The smallest absolute Gasteiger partial charge is 0.0923 e. The van der Waals surface area contributed by atoms with E-state index in [1.807, 2.05) is 6.26 Å². The number of hydrogen-bond acceptors (Lipinski definition) is 3. The first-order chi connectivity index (χ1) is 5.34. The van der Waals surface area contributed by atoms with Crippen LogP contribution >= 0.6 is 11.8 Å². The summed E-state index contributed by atoms with van der Waals surface area (Å²) in [6.07, 6.45) is 6.21. The van der Waals surface area contributed by atoms with Crippen molar-refractivity contribution in [3.05, 3.63) is 0 Å². The standard InChI is InChI=1S/C8H16O2S/c1-11-6-10-8-5-3-2-4-7(8)9/h7-9H,2-6H2,1H3/t7-,8+/m0/s1. The molecule has 0 aromatic heterocycles. The Labute approximate surface area is 72.3 Å². The van der Waals surface area contributed by atoms with Gasteiger partial charge < -0.3 is 9.84 Å². The summed E-state index contributed by atoms with van der Waals surface area (Å²) >= 11 is 1.66. The quantitative estimate of drug-likeness (QED) is 0.663. The Hall–Kier alpha value is 0.270. The summed E-state index contributed by atoms with van der Waals surface area (Å²) in [6.45, 7) is 0. The molecule has 0 aromatic rings. The van der Waals surface area contributed by atoms with Gasteiger partial charge in [-0.15, -0.1) is 11.8 Å². The van der Waals surface area contributed by atoms with Crippen molar-refractivity contribution in [2.24, 2.45) is 0 Å². The Morgan fingerprint density at radius 3 is 2.82 bits per heavy atom. The van der Waals surface area contributed by atoms with Crippen molar-refractivity contribution >= 4 is 11.8 Å². The van der Waals surface area contributed by atoms with E-state index in [9.17, 15) is 5.11 Å². The molecular formula is C8H16O2S. The molecule has 1 aliphatic carbocycles. The third kappa shape index (κ3) is 3.01. The number of hydrogen-bond donors (Lipinski definition) is 1. The summed E-state index contributed by atoms with van der Waals surface area (Å²) in [5.41, 5.74) is 0. The fraction of sp³-hybridized carbons (Fsp3) is 1.00. The van der Waals surface area contributed by atoms with Crippen LogP contribution in [0.5, 0.6) is 0 Å². The molecule has 11 heavy (non-hydrogen) atoms. The second-order valence-electron chi connectivity index (χ2n) is 2.96. The van der Waals surface area contributed by atoms with Gasteiger partial charge >= 0.3 is 0 Å². The van der Waals surface area contributed by atoms with E-state index in [0.717, 1.165) is 19.3 Å². The van der Waals surface area contributed by atoms with Crippen molar-refractivity contribution in [3.63, 3.8) is 0 Å². The van der Waals surface area contributed by atoms with E-state index in [4.69, 9.17) is 4.74 Å². The SMILES string of the molecule is CSCO[C@@H]1CCCC[C@@H]1O. The molecule has 0 aliphatic heterocycles. The number of aliphatic hydroxyl groups excluding tert-OH is 1. The lowest BCUT2D eigenvalue weighted by molar-refractivity contribution is -0.0415. The van der Waals surface area contributed by atoms with Gasteiger partial charge in [0.2, 0.25) is 0 Å². The molecule has 2 atom stereocenters. The van der Waals surface area contributed by atoms with Gasteiger partial charge in [0.15, 0.2) is 0 Å². The maximum Gasteiger partial charge on any atom is 0.0923 e. The molecule has 0 heterocycles. The molecule has 0 aromatic carbocycles. The van der Waals surface area contributed by atoms with Crippen molar-refractivity contribution in [2.45, 2.75) is 37.9 Å². The van der Waals surface area contributed by atoms with Crippen LogP contribution in [-0.2, 0) is 4.74 Å². The third-order valence-corrected chi connectivity index (χ3v) is 2.44. The van der Waals surface area contributed by atoms with Crippen molar-refractivity contribution in [3.8, 4) is 0 Å². The monoisotopic (exact) mass is 176 g/mol. The van der Waals surface area contributed by atoms with Gasteiger partial charge in [0.25, 0.3) is 0 Å². The van der Waals surface area contributed by atoms with Gasteiger partial charge in [0, 0.05) is 0 Å². The highest BCUT2D eigenvalue weighted by Crippen LogP contribution is 2.21. The molecule has 0 saturated heterocycles. The second-order valence-corrected chi connectivity index (χ2v) is 3.78. The van der Waals surface area contributed by atoms with Crippen molar-refractivity contribution in [2.75, 3.05) is 12.2 Å². The first-order valence-electron chi connectivity index (χ1n) is 4.13. The highest BCUT2D eigenvalue weighted by atomic mass is 32.2. The van der Waals surface area contributed by atoms with Gasteiger partial charge in [-0.2, -0.15) is 0 Å². The van der Waals surface area contributed by atoms with Crippen LogP contribution in [0.2, 0.25) is 0 Å². The van der Waals surface area contributed by atoms with Crippen LogP contribution in [0.15, 0.2) is 0 Å². The highest BCUT2D eigenvalue weighted by Gasteiger charge is 2.22. The van der Waals surface area contributed by atoms with Crippen LogP contribution in [0, 0.1) is 0 Å². The van der Waals surface area contributed by atoms with Crippen LogP contribution in [-0.4, -0.2) is 29.5 Å². The van der Waals surface area contributed by atoms with E-state index in [1.54, 1.807) is 11.8 Å². The lowest BCUT2D eigenvalue weighted by Crippen LogP contribution is -2.32.